The molecule has 3 N–H and O–H groups in total. The topological polar surface area (TPSA) is 61.4 Å². The number of aliphatic hydroxyl groups excluding tert-OH is 1. The third-order valence-corrected chi connectivity index (χ3v) is 4.04. The van der Waals surface area contributed by atoms with Gasteiger partial charge in [0.05, 0.1) is 12.1 Å². The number of carbonyl (C=O) groups excluding carboxylic acids is 1. The second-order valence-corrected chi connectivity index (χ2v) is 5.53. The Labute approximate surface area is 103 Å². The summed E-state index contributed by atoms with van der Waals surface area (Å²) in [6.45, 7) is 2.32. The lowest BCUT2D eigenvalue weighted by Crippen LogP contribution is -2.43. The zero-order valence-electron chi connectivity index (χ0n) is 10.6. The second kappa shape index (κ2) is 5.83. The molecule has 0 bridgehead atoms. The second-order valence-electron chi connectivity index (χ2n) is 5.53. The van der Waals surface area contributed by atoms with Crippen LogP contribution in [0.25, 0.3) is 0 Å². The van der Waals surface area contributed by atoms with E-state index in [1.165, 1.54) is 25.7 Å². The maximum Gasteiger partial charge on any atom is 0.237 e. The molecule has 2 fully saturated rings. The maximum absolute atomic E-state index is 11.9. The minimum atomic E-state index is -0.339. The summed E-state index contributed by atoms with van der Waals surface area (Å²) in [5, 5.41) is 15.5. The lowest BCUT2D eigenvalue weighted by atomic mass is 9.85. The minimum absolute atomic E-state index is 0.00269. The minimum Gasteiger partial charge on any atom is -0.393 e. The van der Waals surface area contributed by atoms with E-state index >= 15 is 0 Å². The number of amides is 1. The summed E-state index contributed by atoms with van der Waals surface area (Å²) in [5.41, 5.74) is 0. The first-order valence-electron chi connectivity index (χ1n) is 6.88. The smallest absolute Gasteiger partial charge is 0.237 e. The number of aliphatic hydroxyl groups is 1. The van der Waals surface area contributed by atoms with Crippen LogP contribution in [-0.2, 0) is 4.79 Å². The number of hydrogen-bond acceptors (Lipinski definition) is 3. The summed E-state index contributed by atoms with van der Waals surface area (Å²) in [5.74, 6) is 0.816. The van der Waals surface area contributed by atoms with Gasteiger partial charge in [-0.3, -0.25) is 4.79 Å². The fourth-order valence-corrected chi connectivity index (χ4v) is 3.05. The van der Waals surface area contributed by atoms with E-state index in [1.54, 1.807) is 6.92 Å². The van der Waals surface area contributed by atoms with E-state index in [0.717, 1.165) is 6.42 Å². The van der Waals surface area contributed by atoms with Gasteiger partial charge in [0, 0.05) is 12.6 Å². The molecule has 4 unspecified atom stereocenters. The SMILES string of the molecule is CC(O)CCNC(=O)C1CC2CCCCC2N1. The molecule has 2 aliphatic rings. The number of hydrogen-bond donors (Lipinski definition) is 3. The Kier molecular flexibility index (Phi) is 4.40. The molecule has 17 heavy (non-hydrogen) atoms. The summed E-state index contributed by atoms with van der Waals surface area (Å²) in [6, 6.07) is 0.563. The number of fused-ring (bicyclic) bond motifs is 1. The van der Waals surface area contributed by atoms with Gasteiger partial charge in [-0.15, -0.1) is 0 Å². The number of carbonyl (C=O) groups is 1. The Morgan fingerprint density at radius 3 is 2.94 bits per heavy atom. The van der Waals surface area contributed by atoms with Crippen LogP contribution in [-0.4, -0.2) is 35.7 Å². The van der Waals surface area contributed by atoms with Crippen molar-refractivity contribution in [2.75, 3.05) is 6.54 Å². The third kappa shape index (κ3) is 3.42. The fourth-order valence-electron chi connectivity index (χ4n) is 3.05. The Balaban J connectivity index is 1.73. The van der Waals surface area contributed by atoms with Crippen molar-refractivity contribution < 1.29 is 9.90 Å². The zero-order chi connectivity index (χ0) is 12.3. The predicted molar refractivity (Wildman–Crippen MR) is 66.6 cm³/mol. The summed E-state index contributed by atoms with van der Waals surface area (Å²) in [7, 11) is 0. The van der Waals surface area contributed by atoms with Gasteiger partial charge in [-0.1, -0.05) is 12.8 Å². The van der Waals surface area contributed by atoms with Crippen molar-refractivity contribution in [1.82, 2.24) is 10.6 Å². The summed E-state index contributed by atoms with van der Waals surface area (Å²) in [6.07, 6.45) is 6.40. The normalized spacial score (nSPS) is 34.1. The number of nitrogens with one attached hydrogen (secondary N) is 2. The van der Waals surface area contributed by atoms with E-state index in [9.17, 15) is 4.79 Å². The van der Waals surface area contributed by atoms with Gasteiger partial charge in [-0.25, -0.2) is 0 Å². The van der Waals surface area contributed by atoms with Crippen LogP contribution in [0.1, 0.15) is 45.4 Å². The highest BCUT2D eigenvalue weighted by atomic mass is 16.3. The molecule has 0 aromatic heterocycles. The van der Waals surface area contributed by atoms with Crippen molar-refractivity contribution in [3.8, 4) is 0 Å². The summed E-state index contributed by atoms with van der Waals surface area (Å²) in [4.78, 5) is 11.9. The molecule has 0 spiro atoms. The van der Waals surface area contributed by atoms with Crippen molar-refractivity contribution in [1.29, 1.82) is 0 Å². The van der Waals surface area contributed by atoms with Crippen LogP contribution in [0.5, 0.6) is 0 Å². The Hall–Kier alpha value is -0.610. The molecule has 0 aromatic carbocycles. The first kappa shape index (κ1) is 12.8. The van der Waals surface area contributed by atoms with Crippen LogP contribution in [0, 0.1) is 5.92 Å². The van der Waals surface area contributed by atoms with Crippen molar-refractivity contribution in [3.05, 3.63) is 0 Å². The average molecular weight is 240 g/mol. The Bertz CT molecular complexity index is 254. The first-order valence-corrected chi connectivity index (χ1v) is 6.88. The standard InChI is InChI=1S/C13H24N2O2/c1-9(16)6-7-14-13(17)12-8-10-4-2-3-5-11(10)15-12/h9-12,15-16H,2-8H2,1H3,(H,14,17). The lowest BCUT2D eigenvalue weighted by molar-refractivity contribution is -0.122. The van der Waals surface area contributed by atoms with Gasteiger partial charge in [-0.05, 0) is 38.5 Å². The molecule has 4 nitrogen and oxygen atoms in total. The largest absolute Gasteiger partial charge is 0.393 e. The van der Waals surface area contributed by atoms with E-state index in [2.05, 4.69) is 10.6 Å². The van der Waals surface area contributed by atoms with E-state index in [1.807, 2.05) is 0 Å². The highest BCUT2D eigenvalue weighted by molar-refractivity contribution is 5.82. The summed E-state index contributed by atoms with van der Waals surface area (Å²) >= 11 is 0. The quantitative estimate of drug-likeness (QED) is 0.681. The molecule has 1 amide bonds. The van der Waals surface area contributed by atoms with Gasteiger partial charge >= 0.3 is 0 Å². The van der Waals surface area contributed by atoms with Crippen molar-refractivity contribution in [3.63, 3.8) is 0 Å². The molecule has 0 radical (unpaired) electrons. The molecule has 1 saturated carbocycles. The van der Waals surface area contributed by atoms with Gasteiger partial charge < -0.3 is 15.7 Å². The van der Waals surface area contributed by atoms with Crippen LogP contribution in [0.3, 0.4) is 0 Å². The van der Waals surface area contributed by atoms with Gasteiger partial charge in [0.2, 0.25) is 5.91 Å². The monoisotopic (exact) mass is 240 g/mol. The van der Waals surface area contributed by atoms with E-state index in [4.69, 9.17) is 5.11 Å². The summed E-state index contributed by atoms with van der Waals surface area (Å²) < 4.78 is 0. The van der Waals surface area contributed by atoms with Crippen LogP contribution in [0.2, 0.25) is 0 Å². The fraction of sp³-hybridized carbons (Fsp3) is 0.923. The van der Waals surface area contributed by atoms with Crippen molar-refractivity contribution in [2.45, 2.75) is 63.6 Å². The van der Waals surface area contributed by atoms with E-state index in [0.29, 0.717) is 24.9 Å². The number of rotatable bonds is 4. The van der Waals surface area contributed by atoms with Crippen LogP contribution >= 0.6 is 0 Å². The van der Waals surface area contributed by atoms with Gasteiger partial charge in [0.1, 0.15) is 0 Å². The molecule has 4 heteroatoms. The molecule has 98 valence electrons. The molecular weight excluding hydrogens is 216 g/mol. The van der Waals surface area contributed by atoms with Gasteiger partial charge in [-0.2, -0.15) is 0 Å². The molecule has 1 aliphatic heterocycles. The van der Waals surface area contributed by atoms with Crippen molar-refractivity contribution >= 4 is 5.91 Å². The van der Waals surface area contributed by atoms with Crippen LogP contribution < -0.4 is 10.6 Å². The molecule has 1 aliphatic carbocycles. The Morgan fingerprint density at radius 2 is 2.24 bits per heavy atom. The zero-order valence-corrected chi connectivity index (χ0v) is 10.6. The molecule has 2 rings (SSSR count). The van der Waals surface area contributed by atoms with Gasteiger partial charge in [0.25, 0.3) is 0 Å². The van der Waals surface area contributed by atoms with E-state index in [-0.39, 0.29) is 18.1 Å². The molecule has 4 atom stereocenters. The highest BCUT2D eigenvalue weighted by Gasteiger charge is 2.37. The Morgan fingerprint density at radius 1 is 1.47 bits per heavy atom. The van der Waals surface area contributed by atoms with Gasteiger partial charge in [0.15, 0.2) is 0 Å². The molecule has 1 heterocycles. The maximum atomic E-state index is 11.9. The average Bonchev–Trinajstić information content (AvgIpc) is 2.71. The molecule has 1 saturated heterocycles. The van der Waals surface area contributed by atoms with Crippen molar-refractivity contribution in [2.24, 2.45) is 5.92 Å². The third-order valence-electron chi connectivity index (χ3n) is 4.04. The highest BCUT2D eigenvalue weighted by Crippen LogP contribution is 2.33. The molecular formula is C13H24N2O2. The predicted octanol–water partition coefficient (Wildman–Crippen LogP) is 0.794. The van der Waals surface area contributed by atoms with Crippen LogP contribution in [0.15, 0.2) is 0 Å². The lowest BCUT2D eigenvalue weighted by Gasteiger charge is -2.24. The van der Waals surface area contributed by atoms with Crippen LogP contribution in [0.4, 0.5) is 0 Å². The molecule has 0 aromatic rings. The van der Waals surface area contributed by atoms with E-state index < -0.39 is 0 Å². The first-order chi connectivity index (χ1) is 8.16.